The summed E-state index contributed by atoms with van der Waals surface area (Å²) in [5, 5.41) is 2.73. The van der Waals surface area contributed by atoms with Crippen LogP contribution < -0.4 is 10.2 Å². The van der Waals surface area contributed by atoms with E-state index in [0.717, 1.165) is 5.56 Å². The fourth-order valence-corrected chi connectivity index (χ4v) is 2.93. The van der Waals surface area contributed by atoms with Crippen molar-refractivity contribution in [2.45, 2.75) is 39.8 Å². The second-order valence-corrected chi connectivity index (χ2v) is 6.52. The Labute approximate surface area is 131 Å². The Hall–Kier alpha value is -1.43. The normalized spacial score (nSPS) is 22.7. The number of nitrogens with one attached hydrogen (secondary N) is 1. The predicted octanol–water partition coefficient (Wildman–Crippen LogP) is 2.77. The van der Waals surface area contributed by atoms with Crippen molar-refractivity contribution in [1.82, 2.24) is 5.32 Å². The molecule has 1 saturated heterocycles. The van der Waals surface area contributed by atoms with E-state index >= 15 is 0 Å². The fourth-order valence-electron chi connectivity index (χ4n) is 2.47. The van der Waals surface area contributed by atoms with Gasteiger partial charge in [0, 0.05) is 0 Å². The standard InChI is InChI=1S/C15H18BrFN2O2/c1-7(2)13-15(21)19(9(4)14(20)18-13)12-6-11(17)10(16)5-8(12)3/h5-7,9,13H,1-4H3,(H,18,20). The molecular weight excluding hydrogens is 339 g/mol. The van der Waals surface area contributed by atoms with Gasteiger partial charge in [-0.3, -0.25) is 14.5 Å². The number of hydrogen-bond acceptors (Lipinski definition) is 2. The van der Waals surface area contributed by atoms with Crippen LogP contribution in [-0.4, -0.2) is 23.9 Å². The highest BCUT2D eigenvalue weighted by Crippen LogP contribution is 2.30. The Balaban J connectivity index is 2.51. The summed E-state index contributed by atoms with van der Waals surface area (Å²) in [5.74, 6) is -0.919. The third-order valence-corrected chi connectivity index (χ3v) is 4.34. The number of halogens is 2. The Kier molecular flexibility index (Phi) is 4.37. The van der Waals surface area contributed by atoms with Gasteiger partial charge >= 0.3 is 0 Å². The zero-order valence-corrected chi connectivity index (χ0v) is 14.0. The van der Waals surface area contributed by atoms with Crippen LogP contribution in [0.1, 0.15) is 26.3 Å². The lowest BCUT2D eigenvalue weighted by Gasteiger charge is -2.39. The van der Waals surface area contributed by atoms with E-state index in [4.69, 9.17) is 0 Å². The summed E-state index contributed by atoms with van der Waals surface area (Å²) in [7, 11) is 0. The number of aryl methyl sites for hydroxylation is 1. The number of amides is 2. The van der Waals surface area contributed by atoms with Gasteiger partial charge in [0.25, 0.3) is 5.91 Å². The molecular formula is C15H18BrFN2O2. The summed E-state index contributed by atoms with van der Waals surface area (Å²) in [6.07, 6.45) is 0. The van der Waals surface area contributed by atoms with Crippen LogP contribution in [-0.2, 0) is 9.59 Å². The van der Waals surface area contributed by atoms with Crippen molar-refractivity contribution < 1.29 is 14.0 Å². The van der Waals surface area contributed by atoms with Crippen molar-refractivity contribution in [2.75, 3.05) is 4.90 Å². The molecule has 0 radical (unpaired) electrons. The first-order valence-corrected chi connectivity index (χ1v) is 7.62. The first kappa shape index (κ1) is 15.9. The van der Waals surface area contributed by atoms with Crippen molar-refractivity contribution in [3.8, 4) is 0 Å². The zero-order chi connectivity index (χ0) is 15.9. The van der Waals surface area contributed by atoms with Crippen LogP contribution >= 0.6 is 15.9 Å². The highest BCUT2D eigenvalue weighted by atomic mass is 79.9. The number of piperazine rings is 1. The van der Waals surface area contributed by atoms with Crippen LogP contribution in [0, 0.1) is 18.7 Å². The minimum absolute atomic E-state index is 0.0305. The molecule has 4 nitrogen and oxygen atoms in total. The minimum Gasteiger partial charge on any atom is -0.342 e. The van der Waals surface area contributed by atoms with E-state index in [0.29, 0.717) is 10.2 Å². The van der Waals surface area contributed by atoms with Gasteiger partial charge in [-0.2, -0.15) is 0 Å². The molecule has 0 saturated carbocycles. The van der Waals surface area contributed by atoms with Crippen LogP contribution in [0.15, 0.2) is 16.6 Å². The monoisotopic (exact) mass is 356 g/mol. The zero-order valence-electron chi connectivity index (χ0n) is 12.4. The average molecular weight is 357 g/mol. The largest absolute Gasteiger partial charge is 0.342 e. The third-order valence-electron chi connectivity index (χ3n) is 3.73. The topological polar surface area (TPSA) is 49.4 Å². The highest BCUT2D eigenvalue weighted by molar-refractivity contribution is 9.10. The number of anilines is 1. The van der Waals surface area contributed by atoms with Gasteiger partial charge < -0.3 is 5.32 Å². The van der Waals surface area contributed by atoms with Crippen molar-refractivity contribution >= 4 is 33.4 Å². The van der Waals surface area contributed by atoms with Gasteiger partial charge in [-0.25, -0.2) is 4.39 Å². The first-order chi connectivity index (χ1) is 9.73. The number of carbonyl (C=O) groups excluding carboxylic acids is 2. The molecule has 1 aliphatic rings. The van der Waals surface area contributed by atoms with Crippen molar-refractivity contribution in [2.24, 2.45) is 5.92 Å². The number of benzene rings is 1. The molecule has 1 fully saturated rings. The molecule has 1 aromatic carbocycles. The van der Waals surface area contributed by atoms with Gasteiger partial charge in [-0.15, -0.1) is 0 Å². The van der Waals surface area contributed by atoms with Crippen molar-refractivity contribution in [3.63, 3.8) is 0 Å². The second-order valence-electron chi connectivity index (χ2n) is 5.67. The van der Waals surface area contributed by atoms with Crippen LogP contribution in [0.5, 0.6) is 0 Å². The van der Waals surface area contributed by atoms with E-state index in [1.54, 1.807) is 19.9 Å². The molecule has 2 atom stereocenters. The van der Waals surface area contributed by atoms with Crippen molar-refractivity contribution in [1.29, 1.82) is 0 Å². The fraction of sp³-hybridized carbons (Fsp3) is 0.467. The molecule has 21 heavy (non-hydrogen) atoms. The van der Waals surface area contributed by atoms with Gasteiger partial charge in [0.2, 0.25) is 5.91 Å². The van der Waals surface area contributed by atoms with Gasteiger partial charge in [0.1, 0.15) is 17.9 Å². The number of hydrogen-bond donors (Lipinski definition) is 1. The van der Waals surface area contributed by atoms with Crippen LogP contribution in [0.2, 0.25) is 0 Å². The highest BCUT2D eigenvalue weighted by Gasteiger charge is 2.40. The molecule has 2 unspecified atom stereocenters. The quantitative estimate of drug-likeness (QED) is 0.885. The summed E-state index contributed by atoms with van der Waals surface area (Å²) in [4.78, 5) is 26.1. The lowest BCUT2D eigenvalue weighted by atomic mass is 9.97. The Morgan fingerprint density at radius 2 is 1.95 bits per heavy atom. The molecule has 6 heteroatoms. The van der Waals surface area contributed by atoms with E-state index in [-0.39, 0.29) is 17.7 Å². The van der Waals surface area contributed by atoms with Gasteiger partial charge in [-0.1, -0.05) is 13.8 Å². The molecule has 0 spiro atoms. The summed E-state index contributed by atoms with van der Waals surface area (Å²) < 4.78 is 14.2. The molecule has 2 rings (SSSR count). The maximum Gasteiger partial charge on any atom is 0.250 e. The van der Waals surface area contributed by atoms with E-state index in [1.807, 2.05) is 13.8 Å². The maximum absolute atomic E-state index is 13.8. The molecule has 2 amide bonds. The van der Waals surface area contributed by atoms with Crippen molar-refractivity contribution in [3.05, 3.63) is 28.0 Å². The Morgan fingerprint density at radius 1 is 1.33 bits per heavy atom. The average Bonchev–Trinajstić information content (AvgIpc) is 2.39. The smallest absolute Gasteiger partial charge is 0.250 e. The van der Waals surface area contributed by atoms with E-state index in [9.17, 15) is 14.0 Å². The van der Waals surface area contributed by atoms with Gasteiger partial charge in [0.05, 0.1) is 10.2 Å². The molecule has 0 aromatic heterocycles. The first-order valence-electron chi connectivity index (χ1n) is 6.83. The second kappa shape index (κ2) is 5.75. The molecule has 0 aliphatic carbocycles. The molecule has 114 valence electrons. The van der Waals surface area contributed by atoms with Crippen LogP contribution in [0.3, 0.4) is 0 Å². The van der Waals surface area contributed by atoms with E-state index < -0.39 is 17.9 Å². The summed E-state index contributed by atoms with van der Waals surface area (Å²) in [6.45, 7) is 7.16. The lowest BCUT2D eigenvalue weighted by molar-refractivity contribution is -0.134. The van der Waals surface area contributed by atoms with Crippen LogP contribution in [0.4, 0.5) is 10.1 Å². The Bertz CT molecular complexity index is 604. The van der Waals surface area contributed by atoms with Gasteiger partial charge in [-0.05, 0) is 53.4 Å². The minimum atomic E-state index is -0.660. The number of rotatable bonds is 2. The van der Waals surface area contributed by atoms with Gasteiger partial charge in [0.15, 0.2) is 0 Å². The lowest BCUT2D eigenvalue weighted by Crippen LogP contribution is -2.64. The molecule has 1 aliphatic heterocycles. The Morgan fingerprint density at radius 3 is 2.52 bits per heavy atom. The maximum atomic E-state index is 13.8. The van der Waals surface area contributed by atoms with E-state index in [1.165, 1.54) is 11.0 Å². The predicted molar refractivity (Wildman–Crippen MR) is 82.6 cm³/mol. The molecule has 0 bridgehead atoms. The third kappa shape index (κ3) is 2.81. The number of carbonyl (C=O) groups is 2. The van der Waals surface area contributed by atoms with E-state index in [2.05, 4.69) is 21.2 Å². The van der Waals surface area contributed by atoms with Crippen LogP contribution in [0.25, 0.3) is 0 Å². The number of nitrogens with zero attached hydrogens (tertiary/aromatic N) is 1. The molecule has 1 heterocycles. The SMILES string of the molecule is Cc1cc(Br)c(F)cc1N1C(=O)C(C(C)C)NC(=O)C1C. The molecule has 1 N–H and O–H groups in total. The summed E-state index contributed by atoms with van der Waals surface area (Å²) >= 11 is 3.12. The summed E-state index contributed by atoms with van der Waals surface area (Å²) in [6, 6.07) is 1.66. The molecule has 1 aromatic rings. The summed E-state index contributed by atoms with van der Waals surface area (Å²) in [5.41, 5.74) is 1.18.